The molecule has 2 fully saturated rings. The van der Waals surface area contributed by atoms with Crippen molar-refractivity contribution in [2.24, 2.45) is 21.4 Å². The van der Waals surface area contributed by atoms with Crippen LogP contribution in [0.25, 0.3) is 0 Å². The number of non-ortho nitro benzene ring substituents is 2. The lowest BCUT2D eigenvalue weighted by atomic mass is 9.64. The van der Waals surface area contributed by atoms with Gasteiger partial charge < -0.3 is 10.2 Å². The van der Waals surface area contributed by atoms with Crippen molar-refractivity contribution < 1.29 is 24.3 Å². The van der Waals surface area contributed by atoms with Crippen LogP contribution in [-0.2, 0) is 9.63 Å². The maximum absolute atomic E-state index is 13.7. The first-order valence-corrected chi connectivity index (χ1v) is 12.4. The Morgan fingerprint density at radius 3 is 2.08 bits per heavy atom. The molecule has 1 N–H and O–H groups in total. The Bertz CT molecular complexity index is 1330. The maximum Gasteiger partial charge on any atom is 0.366 e. The first kappa shape index (κ1) is 26.9. The number of fused-ring (bicyclic) bond motifs is 2. The second kappa shape index (κ2) is 9.30. The van der Waals surface area contributed by atoms with E-state index < -0.39 is 43.4 Å². The summed E-state index contributed by atoms with van der Waals surface area (Å²) in [5, 5.41) is 29.5. The minimum atomic E-state index is -1.06. The fraction of sp³-hybridized carbons (Fsp3) is 0.444. The highest BCUT2D eigenvalue weighted by atomic mass is 16.7. The second-order valence-electron chi connectivity index (χ2n) is 11.1. The average Bonchev–Trinajstić information content (AvgIpc) is 3.18. The van der Waals surface area contributed by atoms with E-state index in [1.807, 2.05) is 45.0 Å². The highest BCUT2D eigenvalue weighted by molar-refractivity contribution is 6.06. The molecule has 2 atom stereocenters. The summed E-state index contributed by atoms with van der Waals surface area (Å²) >= 11 is 0. The minimum absolute atomic E-state index is 0.130. The molecule has 2 aliphatic rings. The number of nitro groups is 2. The van der Waals surface area contributed by atoms with Gasteiger partial charge in [-0.05, 0) is 41.9 Å². The van der Waals surface area contributed by atoms with Gasteiger partial charge in [0.2, 0.25) is 5.91 Å². The van der Waals surface area contributed by atoms with Gasteiger partial charge in [-0.15, -0.1) is 0 Å². The largest absolute Gasteiger partial charge is 0.366 e. The Hall–Kier alpha value is -4.15. The highest BCUT2D eigenvalue weighted by Crippen LogP contribution is 2.71. The molecule has 38 heavy (non-hydrogen) atoms. The Morgan fingerprint density at radius 2 is 1.55 bits per heavy atom. The predicted octanol–water partition coefficient (Wildman–Crippen LogP) is 5.99. The lowest BCUT2D eigenvalue weighted by Crippen LogP contribution is -2.43. The molecule has 1 amide bonds. The van der Waals surface area contributed by atoms with Gasteiger partial charge in [-0.2, -0.15) is 0 Å². The summed E-state index contributed by atoms with van der Waals surface area (Å²) in [6, 6.07) is 10.3. The number of benzene rings is 2. The van der Waals surface area contributed by atoms with Crippen molar-refractivity contribution in [1.82, 2.24) is 0 Å². The van der Waals surface area contributed by atoms with Crippen LogP contribution >= 0.6 is 0 Å². The third-order valence-corrected chi connectivity index (χ3v) is 8.80. The van der Waals surface area contributed by atoms with E-state index in [9.17, 15) is 29.8 Å². The van der Waals surface area contributed by atoms with Crippen molar-refractivity contribution in [2.45, 2.75) is 59.8 Å². The van der Waals surface area contributed by atoms with Gasteiger partial charge >= 0.3 is 5.97 Å². The molecule has 2 aromatic carbocycles. The van der Waals surface area contributed by atoms with Crippen molar-refractivity contribution in [3.63, 3.8) is 0 Å². The van der Waals surface area contributed by atoms with Gasteiger partial charge in [0.25, 0.3) is 11.4 Å². The molecular formula is C27H30N4O7. The van der Waals surface area contributed by atoms with Crippen LogP contribution < -0.4 is 5.32 Å². The van der Waals surface area contributed by atoms with Gasteiger partial charge in [0.15, 0.2) is 0 Å². The molecule has 200 valence electrons. The van der Waals surface area contributed by atoms with Crippen LogP contribution in [-0.4, -0.2) is 27.4 Å². The maximum atomic E-state index is 13.7. The summed E-state index contributed by atoms with van der Waals surface area (Å²) in [5.41, 5.74) is -1.02. The van der Waals surface area contributed by atoms with E-state index in [0.717, 1.165) is 18.2 Å². The molecule has 2 saturated carbocycles. The van der Waals surface area contributed by atoms with E-state index in [-0.39, 0.29) is 17.9 Å². The van der Waals surface area contributed by atoms with Gasteiger partial charge in [-0.1, -0.05) is 51.9 Å². The van der Waals surface area contributed by atoms with Crippen LogP contribution in [0.3, 0.4) is 0 Å². The number of nitrogens with zero attached hydrogens (tertiary/aromatic N) is 3. The predicted molar refractivity (Wildman–Crippen MR) is 140 cm³/mol. The molecule has 2 bridgehead atoms. The Labute approximate surface area is 219 Å². The second-order valence-corrected chi connectivity index (χ2v) is 11.1. The summed E-state index contributed by atoms with van der Waals surface area (Å²) < 4.78 is 0. The molecule has 2 aliphatic carbocycles. The quantitative estimate of drug-likeness (QED) is 0.266. The monoisotopic (exact) mass is 522 g/mol. The molecule has 4 rings (SSSR count). The van der Waals surface area contributed by atoms with Gasteiger partial charge in [0, 0.05) is 29.7 Å². The van der Waals surface area contributed by atoms with Crippen LogP contribution in [0.5, 0.6) is 0 Å². The normalized spacial score (nSPS) is 24.4. The lowest BCUT2D eigenvalue weighted by molar-refractivity contribution is -0.394. The number of hydrogen-bond acceptors (Lipinski definition) is 8. The molecular weight excluding hydrogens is 492 g/mol. The van der Waals surface area contributed by atoms with Gasteiger partial charge in [-0.3, -0.25) is 25.0 Å². The summed E-state index contributed by atoms with van der Waals surface area (Å²) in [6.45, 7) is 10.2. The van der Waals surface area contributed by atoms with Crippen molar-refractivity contribution in [3.05, 3.63) is 73.8 Å². The Balaban J connectivity index is 1.58. The van der Waals surface area contributed by atoms with Crippen LogP contribution in [0, 0.1) is 36.5 Å². The third kappa shape index (κ3) is 4.21. The molecule has 2 aromatic rings. The zero-order valence-corrected chi connectivity index (χ0v) is 21.9. The summed E-state index contributed by atoms with van der Waals surface area (Å²) in [4.78, 5) is 52.2. The molecule has 2 unspecified atom stereocenters. The highest BCUT2D eigenvalue weighted by Gasteiger charge is 2.71. The molecule has 0 saturated heterocycles. The summed E-state index contributed by atoms with van der Waals surface area (Å²) in [6.07, 6.45) is 1.56. The van der Waals surface area contributed by atoms with E-state index in [1.165, 1.54) is 5.56 Å². The van der Waals surface area contributed by atoms with E-state index in [2.05, 4.69) is 24.3 Å². The van der Waals surface area contributed by atoms with E-state index in [0.29, 0.717) is 30.2 Å². The fourth-order valence-corrected chi connectivity index (χ4v) is 5.80. The number of nitro benzene ring substituents is 2. The molecule has 0 heterocycles. The Kier molecular flexibility index (Phi) is 6.59. The smallest absolute Gasteiger partial charge is 0.326 e. The molecule has 0 spiro atoms. The number of carbonyl (C=O) groups excluding carboxylic acids is 2. The number of nitrogens with one attached hydrogen (secondary N) is 1. The zero-order chi connectivity index (χ0) is 28.0. The van der Waals surface area contributed by atoms with Gasteiger partial charge in [0.05, 0.1) is 32.6 Å². The summed E-state index contributed by atoms with van der Waals surface area (Å²) in [5.74, 6) is -0.816. The Morgan fingerprint density at radius 1 is 0.974 bits per heavy atom. The van der Waals surface area contributed by atoms with E-state index in [1.54, 1.807) is 0 Å². The number of hydrogen-bond donors (Lipinski definition) is 1. The minimum Gasteiger partial charge on any atom is -0.326 e. The SMILES string of the molecule is CC(C)c1ccc(NC(=O)C23CCC(C)(/C(=N\OC(=O)c4cc([N+](=O)[O-])cc([N+](=O)[O-])c4)C2)C3(C)C)cc1. The zero-order valence-electron chi connectivity index (χ0n) is 21.9. The fourth-order valence-electron chi connectivity index (χ4n) is 5.80. The van der Waals surface area contributed by atoms with Crippen molar-refractivity contribution in [2.75, 3.05) is 5.32 Å². The standard InChI is InChI=1S/C27H30N4O7/c1-16(2)17-6-8-19(9-7-17)28-24(33)27-11-10-26(5,25(27,3)4)22(15-27)29-38-23(32)18-12-20(30(34)35)14-21(13-18)31(36)37/h6-9,12-14,16H,10-11,15H2,1-5H3,(H,28,33)/b29-22-. The van der Waals surface area contributed by atoms with E-state index in [4.69, 9.17) is 4.84 Å². The molecule has 11 heteroatoms. The van der Waals surface area contributed by atoms with Gasteiger partial charge in [-0.25, -0.2) is 4.79 Å². The molecule has 0 aromatic heterocycles. The number of carbonyl (C=O) groups is 2. The third-order valence-electron chi connectivity index (χ3n) is 8.80. The van der Waals surface area contributed by atoms with Crippen LogP contribution in [0.2, 0.25) is 0 Å². The number of amides is 1. The number of rotatable bonds is 7. The summed E-state index contributed by atoms with van der Waals surface area (Å²) in [7, 11) is 0. The average molecular weight is 523 g/mol. The number of oxime groups is 1. The van der Waals surface area contributed by atoms with Crippen molar-refractivity contribution >= 4 is 34.7 Å². The topological polar surface area (TPSA) is 154 Å². The van der Waals surface area contributed by atoms with Crippen LogP contribution in [0.4, 0.5) is 17.1 Å². The van der Waals surface area contributed by atoms with E-state index >= 15 is 0 Å². The first-order valence-electron chi connectivity index (χ1n) is 12.4. The lowest BCUT2D eigenvalue weighted by Gasteiger charge is -2.39. The number of anilines is 1. The molecule has 11 nitrogen and oxygen atoms in total. The van der Waals surface area contributed by atoms with Crippen LogP contribution in [0.15, 0.2) is 47.6 Å². The first-order chi connectivity index (χ1) is 17.7. The van der Waals surface area contributed by atoms with Crippen molar-refractivity contribution in [3.8, 4) is 0 Å². The molecule has 0 aliphatic heterocycles. The van der Waals surface area contributed by atoms with Gasteiger partial charge in [0.1, 0.15) is 0 Å². The van der Waals surface area contributed by atoms with Crippen LogP contribution in [0.1, 0.15) is 75.7 Å². The van der Waals surface area contributed by atoms with Crippen molar-refractivity contribution in [1.29, 1.82) is 0 Å². The molecule has 0 radical (unpaired) electrons.